The van der Waals surface area contributed by atoms with Gasteiger partial charge in [0, 0.05) is 27.4 Å². The highest BCUT2D eigenvalue weighted by Gasteiger charge is 1.91. The average molecular weight is 318 g/mol. The normalized spacial score (nSPS) is 9.22. The maximum Gasteiger partial charge on any atom is 0.0696 e. The molecule has 0 radical (unpaired) electrons. The van der Waals surface area contributed by atoms with Crippen LogP contribution in [-0.2, 0) is 14.2 Å². The van der Waals surface area contributed by atoms with Gasteiger partial charge in [-0.1, -0.05) is 60.7 Å². The quantitative estimate of drug-likeness (QED) is 0.724. The summed E-state index contributed by atoms with van der Waals surface area (Å²) in [5.74, 6) is 0. The molecule has 0 bridgehead atoms. The fourth-order valence-electron chi connectivity index (χ4n) is 1.63. The summed E-state index contributed by atoms with van der Waals surface area (Å²) in [6.07, 6.45) is 0. The first-order valence-corrected chi connectivity index (χ1v) is 7.96. The van der Waals surface area contributed by atoms with E-state index in [0.717, 1.165) is 13.2 Å². The standard InChI is InChI=1S/C12H10.C4H10O2.C4H10O/c1-3-7-11(8-4-1)12-9-5-2-6-10-12;1-5-3-4-6-2;1-3-5-4-2/h1-10H;3-4H2,1-2H3;3-4H2,1-2H3. The first-order valence-electron chi connectivity index (χ1n) is 7.96. The second kappa shape index (κ2) is 16.7. The van der Waals surface area contributed by atoms with Crippen molar-refractivity contribution in [3.05, 3.63) is 60.7 Å². The number of methoxy groups -OCH3 is 2. The van der Waals surface area contributed by atoms with Crippen LogP contribution in [0.15, 0.2) is 60.7 Å². The summed E-state index contributed by atoms with van der Waals surface area (Å²) in [6.45, 7) is 7.05. The number of ether oxygens (including phenoxy) is 3. The molecule has 0 aliphatic rings. The predicted molar refractivity (Wildman–Crippen MR) is 97.8 cm³/mol. The van der Waals surface area contributed by atoms with Crippen LogP contribution < -0.4 is 0 Å². The molecule has 0 heterocycles. The monoisotopic (exact) mass is 318 g/mol. The van der Waals surface area contributed by atoms with E-state index in [1.807, 2.05) is 26.0 Å². The van der Waals surface area contributed by atoms with E-state index in [9.17, 15) is 0 Å². The molecular formula is C20H30O3. The molecule has 2 rings (SSSR count). The topological polar surface area (TPSA) is 27.7 Å². The second-order valence-electron chi connectivity index (χ2n) is 4.50. The second-order valence-corrected chi connectivity index (χ2v) is 4.50. The highest BCUT2D eigenvalue weighted by Crippen LogP contribution is 2.17. The van der Waals surface area contributed by atoms with Gasteiger partial charge in [0.2, 0.25) is 0 Å². The van der Waals surface area contributed by atoms with Crippen molar-refractivity contribution < 1.29 is 14.2 Å². The molecule has 3 nitrogen and oxygen atoms in total. The van der Waals surface area contributed by atoms with Crippen molar-refractivity contribution in [2.45, 2.75) is 13.8 Å². The molecule has 23 heavy (non-hydrogen) atoms. The van der Waals surface area contributed by atoms with Crippen LogP contribution in [0, 0.1) is 0 Å². The molecule has 0 aromatic heterocycles. The number of hydrogen-bond acceptors (Lipinski definition) is 3. The first-order chi connectivity index (χ1) is 11.3. The molecular weight excluding hydrogens is 288 g/mol. The Balaban J connectivity index is 0.000000374. The van der Waals surface area contributed by atoms with Gasteiger partial charge in [0.25, 0.3) is 0 Å². The zero-order valence-corrected chi connectivity index (χ0v) is 14.8. The lowest BCUT2D eigenvalue weighted by molar-refractivity contribution is 0.103. The van der Waals surface area contributed by atoms with Crippen molar-refractivity contribution in [2.24, 2.45) is 0 Å². The molecule has 0 unspecified atom stereocenters. The van der Waals surface area contributed by atoms with Gasteiger partial charge in [-0.3, -0.25) is 0 Å². The molecule has 0 fully saturated rings. The minimum atomic E-state index is 0.691. The third-order valence-electron chi connectivity index (χ3n) is 2.78. The predicted octanol–water partition coefficient (Wildman–Crippen LogP) is 4.68. The minimum Gasteiger partial charge on any atom is -0.382 e. The Kier molecular flexibility index (Phi) is 15.5. The molecule has 0 amide bonds. The minimum absolute atomic E-state index is 0.691. The Labute approximate surface area is 141 Å². The van der Waals surface area contributed by atoms with Crippen LogP contribution in [0.3, 0.4) is 0 Å². The fourth-order valence-corrected chi connectivity index (χ4v) is 1.63. The summed E-state index contributed by atoms with van der Waals surface area (Å²) in [7, 11) is 3.30. The van der Waals surface area contributed by atoms with Crippen molar-refractivity contribution >= 4 is 0 Å². The van der Waals surface area contributed by atoms with Gasteiger partial charge in [-0.05, 0) is 25.0 Å². The largest absolute Gasteiger partial charge is 0.382 e. The number of benzene rings is 2. The molecule has 0 N–H and O–H groups in total. The Morgan fingerprint density at radius 3 is 1.17 bits per heavy atom. The average Bonchev–Trinajstić information content (AvgIpc) is 2.63. The zero-order valence-electron chi connectivity index (χ0n) is 14.8. The van der Waals surface area contributed by atoms with Crippen LogP contribution in [-0.4, -0.2) is 40.6 Å². The Hall–Kier alpha value is -1.68. The molecule has 0 aliphatic carbocycles. The van der Waals surface area contributed by atoms with Crippen LogP contribution >= 0.6 is 0 Å². The van der Waals surface area contributed by atoms with Crippen molar-refractivity contribution in [2.75, 3.05) is 40.6 Å². The van der Waals surface area contributed by atoms with Gasteiger partial charge in [-0.2, -0.15) is 0 Å². The van der Waals surface area contributed by atoms with Gasteiger partial charge < -0.3 is 14.2 Å². The van der Waals surface area contributed by atoms with Crippen LogP contribution in [0.25, 0.3) is 11.1 Å². The summed E-state index contributed by atoms with van der Waals surface area (Å²) in [5, 5.41) is 0. The van der Waals surface area contributed by atoms with Gasteiger partial charge in [0.15, 0.2) is 0 Å². The summed E-state index contributed by atoms with van der Waals surface area (Å²) < 4.78 is 14.1. The molecule has 0 saturated carbocycles. The van der Waals surface area contributed by atoms with E-state index in [1.54, 1.807) is 14.2 Å². The van der Waals surface area contributed by atoms with E-state index in [2.05, 4.69) is 58.0 Å². The van der Waals surface area contributed by atoms with Gasteiger partial charge in [0.1, 0.15) is 0 Å². The third-order valence-corrected chi connectivity index (χ3v) is 2.78. The highest BCUT2D eigenvalue weighted by atomic mass is 16.5. The molecule has 2 aromatic carbocycles. The highest BCUT2D eigenvalue weighted by molar-refractivity contribution is 5.62. The summed E-state index contributed by atoms with van der Waals surface area (Å²) in [5.41, 5.74) is 2.55. The fraction of sp³-hybridized carbons (Fsp3) is 0.400. The summed E-state index contributed by atoms with van der Waals surface area (Å²) in [4.78, 5) is 0. The molecule has 0 spiro atoms. The summed E-state index contributed by atoms with van der Waals surface area (Å²) >= 11 is 0. The van der Waals surface area contributed by atoms with Gasteiger partial charge >= 0.3 is 0 Å². The Bertz CT molecular complexity index is 399. The van der Waals surface area contributed by atoms with Crippen molar-refractivity contribution in [3.8, 4) is 11.1 Å². The molecule has 0 atom stereocenters. The maximum atomic E-state index is 4.83. The van der Waals surface area contributed by atoms with Crippen molar-refractivity contribution in [1.29, 1.82) is 0 Å². The Morgan fingerprint density at radius 2 is 0.957 bits per heavy atom. The van der Waals surface area contributed by atoms with Crippen LogP contribution in [0.1, 0.15) is 13.8 Å². The maximum absolute atomic E-state index is 4.83. The SMILES string of the molecule is CCOCC.COCCOC.c1ccc(-c2ccccc2)cc1. The smallest absolute Gasteiger partial charge is 0.0696 e. The molecule has 3 heteroatoms. The number of rotatable bonds is 6. The van der Waals surface area contributed by atoms with Crippen LogP contribution in [0.4, 0.5) is 0 Å². The van der Waals surface area contributed by atoms with Gasteiger partial charge in [-0.15, -0.1) is 0 Å². The zero-order chi connectivity index (χ0) is 17.2. The molecule has 0 aliphatic heterocycles. The molecule has 0 saturated heterocycles. The van der Waals surface area contributed by atoms with E-state index in [0.29, 0.717) is 13.2 Å². The van der Waals surface area contributed by atoms with E-state index in [4.69, 9.17) is 4.74 Å². The van der Waals surface area contributed by atoms with Gasteiger partial charge in [0.05, 0.1) is 13.2 Å². The van der Waals surface area contributed by atoms with E-state index >= 15 is 0 Å². The molecule has 2 aromatic rings. The Morgan fingerprint density at radius 1 is 0.609 bits per heavy atom. The van der Waals surface area contributed by atoms with Crippen LogP contribution in [0.5, 0.6) is 0 Å². The van der Waals surface area contributed by atoms with Crippen molar-refractivity contribution in [3.63, 3.8) is 0 Å². The van der Waals surface area contributed by atoms with E-state index < -0.39 is 0 Å². The van der Waals surface area contributed by atoms with Gasteiger partial charge in [-0.25, -0.2) is 0 Å². The lowest BCUT2D eigenvalue weighted by Crippen LogP contribution is -1.96. The molecule has 128 valence electrons. The van der Waals surface area contributed by atoms with Crippen molar-refractivity contribution in [1.82, 2.24) is 0 Å². The first kappa shape index (κ1) is 21.3. The lowest BCUT2D eigenvalue weighted by Gasteiger charge is -1.98. The van der Waals surface area contributed by atoms with E-state index in [1.165, 1.54) is 11.1 Å². The summed E-state index contributed by atoms with van der Waals surface area (Å²) in [6, 6.07) is 20.8. The van der Waals surface area contributed by atoms with E-state index in [-0.39, 0.29) is 0 Å². The number of hydrogen-bond donors (Lipinski definition) is 0. The third kappa shape index (κ3) is 12.5. The van der Waals surface area contributed by atoms with Crippen LogP contribution in [0.2, 0.25) is 0 Å². The lowest BCUT2D eigenvalue weighted by atomic mass is 10.1.